The summed E-state index contributed by atoms with van der Waals surface area (Å²) in [6.45, 7) is 13.0. The first kappa shape index (κ1) is 43.9. The molecule has 13 nitrogen and oxygen atoms in total. The van der Waals surface area contributed by atoms with E-state index in [-0.39, 0.29) is 20.9 Å². The second-order valence-corrected chi connectivity index (χ2v) is 21.3. The number of aromatic amines is 1. The highest BCUT2D eigenvalue weighted by atomic mass is 35.5. The van der Waals surface area contributed by atoms with Crippen LogP contribution in [-0.2, 0) is 14.8 Å². The maximum Gasteiger partial charge on any atom is 0.267 e. The van der Waals surface area contributed by atoms with Gasteiger partial charge < -0.3 is 19.4 Å². The summed E-state index contributed by atoms with van der Waals surface area (Å²) in [6, 6.07) is 22.5. The first-order valence-electron chi connectivity index (χ1n) is 22.6. The zero-order chi connectivity index (χ0) is 44.9. The molecule has 0 unspecified atom stereocenters. The van der Waals surface area contributed by atoms with Gasteiger partial charge in [-0.2, -0.15) is 5.10 Å². The van der Waals surface area contributed by atoms with Crippen molar-refractivity contribution in [3.63, 3.8) is 0 Å². The number of halogens is 2. The molecule has 1 amide bonds. The van der Waals surface area contributed by atoms with E-state index < -0.39 is 15.9 Å². The molecule has 3 aliphatic heterocycles. The molecule has 0 bridgehead atoms. The number of H-pyrrole nitrogens is 1. The molecule has 0 saturated carbocycles. The van der Waals surface area contributed by atoms with Crippen molar-refractivity contribution in [3.8, 4) is 11.4 Å². The number of fused-ring (bicyclic) bond motifs is 2. The third kappa shape index (κ3) is 9.39. The SMILES string of the molecule is CC1(C)CCC(CN2CCN(c3ccc(C(=O)NS(=O)(=O)c4ccc(OCC5CCN(C6COC6)CC5)c(Cl)c4)c(-n4ncc5nc6[nH]ccc6cc54)c3)CC2)=C(c2ccc(Cl)cc2)C1. The highest BCUT2D eigenvalue weighted by Gasteiger charge is 2.32. The fraction of sp³-hybridized carbons (Fsp3) is 0.408. The molecule has 6 aromatic rings. The van der Waals surface area contributed by atoms with Crippen molar-refractivity contribution in [1.82, 2.24) is 34.3 Å². The van der Waals surface area contributed by atoms with E-state index in [1.807, 2.05) is 42.6 Å². The molecule has 16 heteroatoms. The van der Waals surface area contributed by atoms with Gasteiger partial charge in [0.05, 0.1) is 58.7 Å². The van der Waals surface area contributed by atoms with Crippen LogP contribution in [0.3, 0.4) is 0 Å². The number of carbonyl (C=O) groups excluding carboxylic acids is 1. The average Bonchev–Trinajstić information content (AvgIpc) is 3.92. The summed E-state index contributed by atoms with van der Waals surface area (Å²) in [4.78, 5) is 29.3. The van der Waals surface area contributed by atoms with Crippen LogP contribution in [0.5, 0.6) is 5.75 Å². The lowest BCUT2D eigenvalue weighted by molar-refractivity contribution is -0.0750. The molecular formula is C49H54Cl2N8O5S. The Morgan fingerprint density at radius 1 is 0.954 bits per heavy atom. The minimum absolute atomic E-state index is 0.138. The molecular weight excluding hydrogens is 884 g/mol. The molecule has 4 aliphatic rings. The van der Waals surface area contributed by atoms with Gasteiger partial charge >= 0.3 is 0 Å². The largest absolute Gasteiger partial charge is 0.492 e. The van der Waals surface area contributed by atoms with Crippen molar-refractivity contribution in [3.05, 3.63) is 112 Å². The highest BCUT2D eigenvalue weighted by Crippen LogP contribution is 2.43. The summed E-state index contributed by atoms with van der Waals surface area (Å²) in [5, 5.41) is 6.48. The van der Waals surface area contributed by atoms with Gasteiger partial charge in [0.2, 0.25) is 0 Å². The number of likely N-dealkylation sites (tertiary alicyclic amines) is 1. The molecule has 1 aliphatic carbocycles. The zero-order valence-corrected chi connectivity index (χ0v) is 39.1. The van der Waals surface area contributed by atoms with Gasteiger partial charge in [0.15, 0.2) is 0 Å². The van der Waals surface area contributed by atoms with E-state index in [0.717, 1.165) is 113 Å². The Hall–Kier alpha value is -4.96. The van der Waals surface area contributed by atoms with Crippen molar-refractivity contribution in [1.29, 1.82) is 0 Å². The maximum atomic E-state index is 14.2. The minimum atomic E-state index is -4.35. The van der Waals surface area contributed by atoms with Crippen molar-refractivity contribution in [2.45, 2.75) is 56.9 Å². The van der Waals surface area contributed by atoms with Crippen molar-refractivity contribution in [2.24, 2.45) is 11.3 Å². The number of anilines is 1. The molecule has 2 N–H and O–H groups in total. The van der Waals surface area contributed by atoms with Crippen LogP contribution in [0.1, 0.15) is 61.9 Å². The second-order valence-electron chi connectivity index (χ2n) is 18.8. The average molecular weight is 938 g/mol. The number of rotatable bonds is 12. The maximum absolute atomic E-state index is 14.2. The number of nitrogens with zero attached hydrogens (tertiary/aromatic N) is 6. The molecule has 340 valence electrons. The lowest BCUT2D eigenvalue weighted by atomic mass is 9.72. The molecule has 0 atom stereocenters. The number of hydrogen-bond donors (Lipinski definition) is 2. The summed E-state index contributed by atoms with van der Waals surface area (Å²) in [6.07, 6.45) is 8.76. The lowest BCUT2D eigenvalue weighted by Crippen LogP contribution is -2.52. The number of carbonyl (C=O) groups is 1. The molecule has 3 aromatic heterocycles. The number of hydrogen-bond acceptors (Lipinski definition) is 10. The van der Waals surface area contributed by atoms with E-state index in [1.54, 1.807) is 23.0 Å². The number of nitrogens with one attached hydrogen (secondary N) is 2. The van der Waals surface area contributed by atoms with Gasteiger partial charge in [-0.25, -0.2) is 22.8 Å². The fourth-order valence-electron chi connectivity index (χ4n) is 9.73. The number of piperidine rings is 1. The Bertz CT molecular complexity index is 2880. The Morgan fingerprint density at radius 2 is 1.74 bits per heavy atom. The van der Waals surface area contributed by atoms with E-state index in [0.29, 0.717) is 41.0 Å². The minimum Gasteiger partial charge on any atom is -0.492 e. The molecule has 10 rings (SSSR count). The Morgan fingerprint density at radius 3 is 2.48 bits per heavy atom. The normalized spacial score (nSPS) is 19.2. The number of sulfonamides is 1. The third-order valence-corrected chi connectivity index (χ3v) is 15.6. The topological polar surface area (TPSA) is 138 Å². The third-order valence-electron chi connectivity index (χ3n) is 13.8. The number of aromatic nitrogens is 4. The first-order valence-corrected chi connectivity index (χ1v) is 24.8. The molecule has 3 aromatic carbocycles. The van der Waals surface area contributed by atoms with Gasteiger partial charge in [0.1, 0.15) is 16.9 Å². The standard InChI is InChI=1S/C49H54Cl2N8O5S/c1-49(2)15-11-35(41(26-49)33-3-5-36(50)6-4-33)28-56-19-21-58(22-20-56)37-7-9-40(44(24-37)59-45-23-34-12-16-52-47(34)54-43(45)27-53-59)48(60)55-65(61,62)39-8-10-46(42(51)25-39)64-29-32-13-17-57(18-14-32)38-30-63-31-38/h3-10,12,16,23-25,27,32,38H,11,13-15,17-22,26,28-31H2,1-2H3,(H,52,54)(H,55,60). The Kier molecular flexibility index (Phi) is 12.2. The first-order chi connectivity index (χ1) is 31.4. The smallest absolute Gasteiger partial charge is 0.267 e. The molecule has 65 heavy (non-hydrogen) atoms. The summed E-state index contributed by atoms with van der Waals surface area (Å²) >= 11 is 12.9. The van der Waals surface area contributed by atoms with Crippen LogP contribution in [0.15, 0.2) is 95.7 Å². The van der Waals surface area contributed by atoms with Crippen molar-refractivity contribution >= 4 is 72.5 Å². The van der Waals surface area contributed by atoms with Crippen molar-refractivity contribution < 1.29 is 22.7 Å². The Labute approximate surface area is 389 Å². The van der Waals surface area contributed by atoms with Crippen LogP contribution in [0.4, 0.5) is 5.69 Å². The Balaban J connectivity index is 0.864. The summed E-state index contributed by atoms with van der Waals surface area (Å²) in [5.74, 6) is -0.0220. The van der Waals surface area contributed by atoms with E-state index >= 15 is 0 Å². The highest BCUT2D eigenvalue weighted by molar-refractivity contribution is 7.90. The van der Waals surface area contributed by atoms with Gasteiger partial charge in [-0.1, -0.05) is 54.8 Å². The predicted molar refractivity (Wildman–Crippen MR) is 256 cm³/mol. The number of ether oxygens (including phenoxy) is 2. The van der Waals surface area contributed by atoms with Gasteiger partial charge in [-0.15, -0.1) is 0 Å². The van der Waals surface area contributed by atoms with Crippen LogP contribution in [0, 0.1) is 11.3 Å². The molecule has 0 spiro atoms. The van der Waals surface area contributed by atoms with Gasteiger partial charge in [-0.05, 0) is 128 Å². The number of piperazine rings is 1. The van der Waals surface area contributed by atoms with Gasteiger partial charge in [0.25, 0.3) is 15.9 Å². The number of amides is 1. The van der Waals surface area contributed by atoms with Crippen molar-refractivity contribution in [2.75, 3.05) is 70.5 Å². The monoisotopic (exact) mass is 936 g/mol. The van der Waals surface area contributed by atoms with Gasteiger partial charge in [0, 0.05) is 55.0 Å². The molecule has 0 radical (unpaired) electrons. The fourth-order valence-corrected chi connectivity index (χ4v) is 11.1. The van der Waals surface area contributed by atoms with Crippen LogP contribution in [0.25, 0.3) is 33.3 Å². The lowest BCUT2D eigenvalue weighted by Gasteiger charge is -2.41. The predicted octanol–water partition coefficient (Wildman–Crippen LogP) is 8.60. The van der Waals surface area contributed by atoms with Crippen LogP contribution in [0.2, 0.25) is 10.0 Å². The quantitative estimate of drug-likeness (QED) is 0.123. The molecule has 3 saturated heterocycles. The van der Waals surface area contributed by atoms with Crippen LogP contribution >= 0.6 is 23.2 Å². The van der Waals surface area contributed by atoms with Gasteiger partial charge in [-0.3, -0.25) is 14.6 Å². The zero-order valence-electron chi connectivity index (χ0n) is 36.7. The second kappa shape index (κ2) is 18.0. The summed E-state index contributed by atoms with van der Waals surface area (Å²) in [5.41, 5.74) is 7.92. The molecule has 6 heterocycles. The van der Waals surface area contributed by atoms with E-state index in [9.17, 15) is 13.2 Å². The number of benzene rings is 3. The molecule has 3 fully saturated rings. The van der Waals surface area contributed by atoms with E-state index in [1.165, 1.54) is 28.8 Å². The summed E-state index contributed by atoms with van der Waals surface area (Å²) in [7, 11) is -4.35. The van der Waals surface area contributed by atoms with Crippen LogP contribution in [-0.4, -0.2) is 116 Å². The van der Waals surface area contributed by atoms with Crippen LogP contribution < -0.4 is 14.4 Å². The van der Waals surface area contributed by atoms with E-state index in [2.05, 4.69) is 50.4 Å². The number of allylic oxidation sites excluding steroid dienone is 1. The summed E-state index contributed by atoms with van der Waals surface area (Å²) < 4.78 is 43.1. The number of pyridine rings is 1. The van der Waals surface area contributed by atoms with E-state index in [4.69, 9.17) is 42.8 Å².